The number of carboxylic acids is 1. The van der Waals surface area contributed by atoms with E-state index < -0.39 is 20.4 Å². The summed E-state index contributed by atoms with van der Waals surface area (Å²) in [7, 11) is 7.36. The van der Waals surface area contributed by atoms with Gasteiger partial charge >= 0.3 is 5.97 Å². The number of rotatable bonds is 10. The van der Waals surface area contributed by atoms with Gasteiger partial charge in [-0.05, 0) is 131 Å². The number of benzene rings is 12. The van der Waals surface area contributed by atoms with E-state index in [4.69, 9.17) is 32.4 Å². The number of nitrogens with one attached hydrogen (secondary N) is 2. The number of hydrogen-bond donors (Lipinski definition) is 5. The number of amides is 2. The minimum Gasteiger partial charge on any atom is -0.478 e. The van der Waals surface area contributed by atoms with Crippen LogP contribution >= 0.6 is 33.0 Å². The maximum atomic E-state index is 13.0. The monoisotopic (exact) mass is 1630 g/mol. The highest BCUT2D eigenvalue weighted by Crippen LogP contribution is 2.35. The van der Waals surface area contributed by atoms with E-state index in [1.54, 1.807) is 291 Å². The van der Waals surface area contributed by atoms with Gasteiger partial charge in [-0.2, -0.15) is 0 Å². The number of carbonyl (C=O) groups excluding carboxylic acids is 11. The number of nitrogens with two attached hydrogens (primary N) is 2. The zero-order chi connectivity index (χ0) is 82.0. The van der Waals surface area contributed by atoms with Crippen LogP contribution in [-0.2, 0) is 9.23 Å². The van der Waals surface area contributed by atoms with Gasteiger partial charge in [-0.1, -0.05) is 228 Å². The van der Waals surface area contributed by atoms with Crippen molar-refractivity contribution in [1.29, 1.82) is 0 Å². The van der Waals surface area contributed by atoms with E-state index in [1.165, 1.54) is 0 Å². The van der Waals surface area contributed by atoms with Gasteiger partial charge in [0.15, 0.2) is 46.3 Å². The van der Waals surface area contributed by atoms with E-state index in [1.807, 2.05) is 0 Å². The van der Waals surface area contributed by atoms with Gasteiger partial charge < -0.3 is 27.2 Å². The summed E-state index contributed by atoms with van der Waals surface area (Å²) in [6.45, 7) is 14.5. The van der Waals surface area contributed by atoms with Crippen LogP contribution in [0, 0.1) is 0 Å². The van der Waals surface area contributed by atoms with E-state index >= 15 is 0 Å². The topological polar surface area (TPSA) is 318 Å². The van der Waals surface area contributed by atoms with Crippen molar-refractivity contribution in [3.8, 4) is 0 Å². The SMILES string of the molecule is C.C=Cc1ccc(C(=O)Cl)cc1.C=Cc1ccc(C(=O)Nc2ccc3c(c2)C(=O)c2ccccc2C3=O)cc1.C=Cc1ccc(C(=O)Nc2cccc3c2C(=O)c2ccccc2C3=O)cc1.C=Cc1ccc(C(=O)O)cc1.Nc1ccc2c(c1)C(=O)c1ccccc1C2=O.Nc1cccc2c1C(=O)c1ccccc1C2=O.O=S(Cl)Cl.[2HH].[B].[B]. The molecule has 0 spiro atoms. The van der Waals surface area contributed by atoms with Crippen molar-refractivity contribution in [3.05, 3.63) is 427 Å². The van der Waals surface area contributed by atoms with Crippen LogP contribution in [0.3, 0.4) is 0 Å². The van der Waals surface area contributed by atoms with Crippen LogP contribution in [-0.4, -0.2) is 95.4 Å². The summed E-state index contributed by atoms with van der Waals surface area (Å²) in [5.41, 5.74) is 24.7. The number of aromatic carboxylic acids is 1. The molecular formula is C93H69B2Cl3N4O14S. The largest absolute Gasteiger partial charge is 0.478 e. The van der Waals surface area contributed by atoms with E-state index in [9.17, 15) is 57.5 Å². The molecule has 0 heterocycles. The van der Waals surface area contributed by atoms with Crippen molar-refractivity contribution in [2.45, 2.75) is 7.43 Å². The van der Waals surface area contributed by atoms with Gasteiger partial charge in [0.1, 0.15) is 0 Å². The lowest BCUT2D eigenvalue weighted by molar-refractivity contribution is 0.0694. The van der Waals surface area contributed by atoms with Gasteiger partial charge in [-0.25, -0.2) is 9.00 Å². The molecule has 578 valence electrons. The molecule has 4 aliphatic carbocycles. The Labute approximate surface area is 695 Å². The number of ketones is 8. The second kappa shape index (κ2) is 41.0. The standard InChI is InChI=1S/2C23H15NO3.2C14H9NO2.C9H7ClO.C9H8O2.CH4.2B.Cl2OS.H2/c1-2-14-10-12-15(13-11-14)23(27)24-19-9-5-8-18-20(19)22(26)17-7-4-3-6-16(17)21(18)25;1-2-14-7-9-15(10-8-14)23(27)24-16-11-12-19-20(13-16)22(26)18-6-4-3-5-17(18)21(19)25;15-11-7-3-6-10-12(11)14(17)9-5-2-1-4-8(9)13(10)16;15-8-5-6-11-12(7-8)14(17)10-4-2-1-3-9(10)13(11)16;2*1-2-7-3-5-8(6-4-7)9(10)11;;;;1-4(2)3;/h2*2-13H,1H2,(H,24,27);2*1-7H,15H2;2-6H,1H2;2-6H,1H2,(H,10,11);1H4;;;;1H/i;;;;;;;;;;1+1. The molecule has 0 aliphatic heterocycles. The van der Waals surface area contributed by atoms with Gasteiger partial charge in [-0.3, -0.25) is 52.7 Å². The molecule has 2 amide bonds. The molecule has 12 aromatic carbocycles. The van der Waals surface area contributed by atoms with Crippen molar-refractivity contribution in [3.63, 3.8) is 0 Å². The molecule has 4 aliphatic rings. The molecule has 7 N–H and O–H groups in total. The predicted octanol–water partition coefficient (Wildman–Crippen LogP) is 18.7. The minimum atomic E-state index is -1.67. The normalized spacial score (nSPS) is 11.5. The van der Waals surface area contributed by atoms with E-state index in [-0.39, 0.29) is 89.3 Å². The summed E-state index contributed by atoms with van der Waals surface area (Å²) in [5, 5.41) is 13.6. The van der Waals surface area contributed by atoms with E-state index in [0.717, 1.165) is 22.3 Å². The first-order chi connectivity index (χ1) is 54.8. The van der Waals surface area contributed by atoms with Gasteiger partial charge in [0.05, 0.1) is 22.4 Å². The number of anilines is 4. The molecule has 18 nitrogen and oxygen atoms in total. The Bertz CT molecular complexity index is 5910. The second-order valence-corrected chi connectivity index (χ2v) is 27.7. The zero-order valence-electron chi connectivity index (χ0n) is 61.1. The Morgan fingerprint density at radius 2 is 0.624 bits per heavy atom. The number of hydrogen-bond acceptors (Lipinski definition) is 15. The number of fused-ring (bicyclic) bond motifs is 8. The fraction of sp³-hybridized carbons (Fsp3) is 0.0108. The summed E-state index contributed by atoms with van der Waals surface area (Å²) in [6.07, 6.45) is 6.77. The highest BCUT2D eigenvalue weighted by atomic mass is 36.0. The lowest BCUT2D eigenvalue weighted by Crippen LogP contribution is -2.23. The zero-order valence-corrected chi connectivity index (χ0v) is 64.2. The quantitative estimate of drug-likeness (QED) is 0.0483. The highest BCUT2D eigenvalue weighted by molar-refractivity contribution is 8.26. The van der Waals surface area contributed by atoms with Crippen LogP contribution < -0.4 is 22.1 Å². The lowest BCUT2D eigenvalue weighted by Gasteiger charge is -2.20. The molecule has 117 heavy (non-hydrogen) atoms. The first kappa shape index (κ1) is 90.0. The van der Waals surface area contributed by atoms with Crippen molar-refractivity contribution in [2.24, 2.45) is 0 Å². The van der Waals surface area contributed by atoms with Crippen molar-refractivity contribution >= 4 is 175 Å². The summed E-state index contributed by atoms with van der Waals surface area (Å²) in [6, 6.07) is 74.0. The summed E-state index contributed by atoms with van der Waals surface area (Å²) in [4.78, 5) is 146. The Hall–Kier alpha value is -14.2. The Kier molecular flexibility index (Phi) is 31.5. The third-order valence-electron chi connectivity index (χ3n) is 17.9. The smallest absolute Gasteiger partial charge is 0.335 e. The van der Waals surface area contributed by atoms with Crippen LogP contribution in [0.1, 0.15) is 200 Å². The first-order valence-electron chi connectivity index (χ1n) is 34.3. The van der Waals surface area contributed by atoms with Crippen LogP contribution in [0.15, 0.2) is 293 Å². The Morgan fingerprint density at radius 1 is 0.342 bits per heavy atom. The van der Waals surface area contributed by atoms with Crippen LogP contribution in [0.5, 0.6) is 0 Å². The summed E-state index contributed by atoms with van der Waals surface area (Å²) < 4.78 is 9.09. The fourth-order valence-electron chi connectivity index (χ4n) is 12.2. The van der Waals surface area contributed by atoms with Gasteiger partial charge in [0.25, 0.3) is 17.1 Å². The second-order valence-electron chi connectivity index (χ2n) is 24.9. The van der Waals surface area contributed by atoms with Gasteiger partial charge in [-0.15, -0.1) is 0 Å². The third kappa shape index (κ3) is 21.0. The van der Waals surface area contributed by atoms with Crippen LogP contribution in [0.4, 0.5) is 22.7 Å². The Balaban J connectivity index is 0.000000223. The molecule has 24 heteroatoms. The number of carbonyl (C=O) groups is 12. The van der Waals surface area contributed by atoms with Crippen LogP contribution in [0.25, 0.3) is 24.3 Å². The molecular weight excluding hydrogens is 1560 g/mol. The van der Waals surface area contributed by atoms with Crippen molar-refractivity contribution < 1.29 is 68.3 Å². The molecule has 0 fully saturated rings. The average Bonchev–Trinajstić information content (AvgIpc) is 0.823. The Morgan fingerprint density at radius 3 is 0.991 bits per heavy atom. The molecule has 0 bridgehead atoms. The molecule has 6 radical (unpaired) electrons. The molecule has 12 aromatic rings. The summed E-state index contributed by atoms with van der Waals surface area (Å²) in [5.74, 6) is -2.98. The van der Waals surface area contributed by atoms with Gasteiger partial charge in [0, 0.05) is 151 Å². The number of carboxylic acid groups (broad SMARTS) is 1. The van der Waals surface area contributed by atoms with E-state index in [2.05, 4.69) is 58.3 Å². The molecule has 16 rings (SSSR count). The molecule has 0 saturated heterocycles. The maximum absolute atomic E-state index is 13.0. The van der Waals surface area contributed by atoms with Crippen molar-refractivity contribution in [1.82, 2.24) is 0 Å². The van der Waals surface area contributed by atoms with Crippen LogP contribution in [0.2, 0.25) is 0 Å². The number of halogens is 3. The highest BCUT2D eigenvalue weighted by Gasteiger charge is 2.35. The molecule has 0 saturated carbocycles. The van der Waals surface area contributed by atoms with Gasteiger partial charge in [0.2, 0.25) is 9.23 Å². The molecule has 0 atom stereocenters. The lowest BCUT2D eigenvalue weighted by atomic mass is 9.83. The molecule has 0 unspecified atom stereocenters. The third-order valence-corrected chi connectivity index (χ3v) is 18.1. The predicted molar refractivity (Wildman–Crippen MR) is 467 cm³/mol. The minimum absolute atomic E-state index is 0. The van der Waals surface area contributed by atoms with Crippen molar-refractivity contribution in [2.75, 3.05) is 22.1 Å². The average molecular weight is 1630 g/mol. The fourth-order valence-corrected chi connectivity index (χ4v) is 12.3. The van der Waals surface area contributed by atoms with E-state index in [0.29, 0.717) is 128 Å². The first-order valence-corrected chi connectivity index (χ1v) is 37.4. The maximum Gasteiger partial charge on any atom is 0.335 e. The summed E-state index contributed by atoms with van der Waals surface area (Å²) >= 11 is 5.23. The molecule has 0 aromatic heterocycles. The number of nitrogen functional groups attached to an aromatic ring is 2.